The van der Waals surface area contributed by atoms with Gasteiger partial charge in [0, 0.05) is 11.8 Å². The Bertz CT molecular complexity index is 1140. The summed E-state index contributed by atoms with van der Waals surface area (Å²) in [5, 5.41) is 11.8. The van der Waals surface area contributed by atoms with E-state index in [1.54, 1.807) is 19.2 Å². The summed E-state index contributed by atoms with van der Waals surface area (Å²) >= 11 is 17.4. The fourth-order valence-electron chi connectivity index (χ4n) is 3.76. The van der Waals surface area contributed by atoms with Gasteiger partial charge < -0.3 is 28.4 Å². The zero-order valence-electron chi connectivity index (χ0n) is 21.0. The van der Waals surface area contributed by atoms with Crippen LogP contribution in [0.25, 0.3) is 10.4 Å². The van der Waals surface area contributed by atoms with Gasteiger partial charge in [0.15, 0.2) is 0 Å². The van der Waals surface area contributed by atoms with E-state index in [4.69, 9.17) is 68.6 Å². The predicted octanol–water partition coefficient (Wildman–Crippen LogP) is 5.50. The Morgan fingerprint density at radius 2 is 1.67 bits per heavy atom. The number of carbonyl (C=O) groups is 1. The van der Waals surface area contributed by atoms with Gasteiger partial charge in [-0.1, -0.05) is 82.4 Å². The second-order valence-corrected chi connectivity index (χ2v) is 10.7. The number of ether oxygens (including phenoxy) is 6. The Kier molecular flexibility index (Phi) is 11.5. The smallest absolute Gasteiger partial charge is 0.302 e. The van der Waals surface area contributed by atoms with Crippen LogP contribution in [0.15, 0.2) is 59.7 Å². The molecule has 1 aliphatic rings. The van der Waals surface area contributed by atoms with E-state index in [1.165, 1.54) is 6.92 Å². The maximum atomic E-state index is 11.6. The van der Waals surface area contributed by atoms with Crippen molar-refractivity contribution in [1.82, 2.24) is 0 Å². The monoisotopic (exact) mass is 600 g/mol. The van der Waals surface area contributed by atoms with E-state index >= 15 is 0 Å². The highest BCUT2D eigenvalue weighted by Crippen LogP contribution is 2.34. The van der Waals surface area contributed by atoms with Crippen LogP contribution < -0.4 is 4.74 Å². The van der Waals surface area contributed by atoms with Gasteiger partial charge in [-0.05, 0) is 28.8 Å². The number of hydrogen-bond acceptors (Lipinski definition) is 9. The first-order chi connectivity index (χ1) is 18.6. The number of benzene rings is 2. The Morgan fingerprint density at radius 3 is 2.23 bits per heavy atom. The van der Waals surface area contributed by atoms with Gasteiger partial charge in [-0.15, -0.1) is 0 Å². The Hall–Kier alpha value is -2.76. The third-order valence-electron chi connectivity index (χ3n) is 5.63. The Labute approximate surface area is 240 Å². The van der Waals surface area contributed by atoms with Gasteiger partial charge in [0.2, 0.25) is 12.2 Å². The summed E-state index contributed by atoms with van der Waals surface area (Å²) in [6.07, 6.45) is -4.29. The molecule has 0 aromatic heterocycles. The lowest BCUT2D eigenvalue weighted by Gasteiger charge is -2.44. The van der Waals surface area contributed by atoms with Crippen LogP contribution in [0.2, 0.25) is 0 Å². The molecule has 0 spiro atoms. The number of nitrogens with zero attached hydrogens (tertiary/aromatic N) is 3. The molecule has 14 heteroatoms. The second kappa shape index (κ2) is 14.6. The Morgan fingerprint density at radius 1 is 1.05 bits per heavy atom. The highest BCUT2D eigenvalue weighted by molar-refractivity contribution is 6.76. The Balaban J connectivity index is 1.95. The number of nitrogens with one attached hydrogen (secondary N) is 1. The molecule has 1 fully saturated rings. The maximum Gasteiger partial charge on any atom is 0.302 e. The van der Waals surface area contributed by atoms with Crippen molar-refractivity contribution in [1.29, 1.82) is 5.41 Å². The fraction of sp³-hybridized carbons (Fsp3) is 0.440. The molecule has 39 heavy (non-hydrogen) atoms. The van der Waals surface area contributed by atoms with Crippen molar-refractivity contribution in [2.75, 3.05) is 13.7 Å². The van der Waals surface area contributed by atoms with Crippen LogP contribution >= 0.6 is 34.8 Å². The van der Waals surface area contributed by atoms with Crippen LogP contribution in [0.5, 0.6) is 5.75 Å². The summed E-state index contributed by atoms with van der Waals surface area (Å²) in [5.41, 5.74) is 11.0. The number of esters is 1. The average molecular weight is 602 g/mol. The number of halogens is 3. The maximum absolute atomic E-state index is 11.6. The standard InChI is InChI=1S/C25H27Cl3N4O7/c1-15(33)35-14-19-21(36-13-17-8-10-18(34-2)11-9-17)22(37-12-16-6-4-3-5-7-16)20(31-32-30)23(38-19)39-24(29)25(26,27)28/h3-11,19-23,29H,12-14H2,1-2H3/t19-,20-,21-,22-,23?/m1/s1. The molecule has 1 aliphatic heterocycles. The lowest BCUT2D eigenvalue weighted by atomic mass is 9.96. The highest BCUT2D eigenvalue weighted by Gasteiger charge is 2.50. The van der Waals surface area contributed by atoms with E-state index in [0.29, 0.717) is 5.75 Å². The normalized spacial score (nSPS) is 22.8. The lowest BCUT2D eigenvalue weighted by molar-refractivity contribution is -0.267. The fourth-order valence-corrected chi connectivity index (χ4v) is 3.89. The molecular formula is C25H27Cl3N4O7. The molecule has 0 radical (unpaired) electrons. The molecule has 2 aromatic rings. The van der Waals surface area contributed by atoms with Crippen molar-refractivity contribution in [3.63, 3.8) is 0 Å². The van der Waals surface area contributed by atoms with Crippen molar-refractivity contribution in [3.05, 3.63) is 76.2 Å². The summed E-state index contributed by atoms with van der Waals surface area (Å²) < 4.78 is 32.1. The number of rotatable bonds is 11. The van der Waals surface area contributed by atoms with Crippen molar-refractivity contribution in [3.8, 4) is 5.75 Å². The number of hydrogen-bond donors (Lipinski definition) is 1. The van der Waals surface area contributed by atoms with Crippen molar-refractivity contribution in [2.24, 2.45) is 5.11 Å². The third kappa shape index (κ3) is 9.15. The quantitative estimate of drug-likeness (QED) is 0.0681. The predicted molar refractivity (Wildman–Crippen MR) is 144 cm³/mol. The molecular weight excluding hydrogens is 575 g/mol. The summed E-state index contributed by atoms with van der Waals surface area (Å²) in [5.74, 6) is -0.643. The molecule has 1 unspecified atom stereocenters. The lowest BCUT2D eigenvalue weighted by Crippen LogP contribution is -2.61. The number of azide groups is 1. The second-order valence-electron chi connectivity index (χ2n) is 8.37. The summed E-state index contributed by atoms with van der Waals surface area (Å²) in [7, 11) is 1.57. The van der Waals surface area contributed by atoms with Gasteiger partial charge in [-0.25, -0.2) is 0 Å². The van der Waals surface area contributed by atoms with Gasteiger partial charge in [-0.2, -0.15) is 0 Å². The highest BCUT2D eigenvalue weighted by atomic mass is 35.6. The van der Waals surface area contributed by atoms with Crippen molar-refractivity contribution in [2.45, 2.75) is 54.6 Å². The SMILES string of the molecule is COc1ccc(CO[C@H]2[C@H](OCc3ccccc3)[C@@H](N=[N+]=[N-])C(OC(=N)C(Cl)(Cl)Cl)O[C@@H]2COC(C)=O)cc1. The molecule has 1 heterocycles. The molecule has 0 amide bonds. The van der Waals surface area contributed by atoms with Crippen LogP contribution in [0.4, 0.5) is 0 Å². The first-order valence-corrected chi connectivity index (χ1v) is 12.8. The average Bonchev–Trinajstić information content (AvgIpc) is 2.91. The van der Waals surface area contributed by atoms with Crippen LogP contribution in [-0.4, -0.2) is 60.0 Å². The van der Waals surface area contributed by atoms with E-state index in [2.05, 4.69) is 10.0 Å². The molecule has 0 bridgehead atoms. The molecule has 3 rings (SSSR count). The van der Waals surface area contributed by atoms with Crippen molar-refractivity contribution < 1.29 is 33.2 Å². The van der Waals surface area contributed by atoms with Gasteiger partial charge >= 0.3 is 5.97 Å². The van der Waals surface area contributed by atoms with E-state index in [0.717, 1.165) is 11.1 Å². The molecule has 1 N–H and O–H groups in total. The molecule has 2 aromatic carbocycles. The first kappa shape index (κ1) is 30.8. The summed E-state index contributed by atoms with van der Waals surface area (Å²) in [6.45, 7) is 1.21. The zero-order valence-corrected chi connectivity index (χ0v) is 23.3. The van der Waals surface area contributed by atoms with Crippen LogP contribution in [0.1, 0.15) is 18.1 Å². The van der Waals surface area contributed by atoms with Gasteiger partial charge in [0.25, 0.3) is 3.79 Å². The van der Waals surface area contributed by atoms with E-state index in [-0.39, 0.29) is 19.8 Å². The molecule has 11 nitrogen and oxygen atoms in total. The third-order valence-corrected chi connectivity index (χ3v) is 6.14. The summed E-state index contributed by atoms with van der Waals surface area (Å²) in [6, 6.07) is 15.3. The molecule has 1 saturated heterocycles. The largest absolute Gasteiger partial charge is 0.497 e. The molecule has 5 atom stereocenters. The first-order valence-electron chi connectivity index (χ1n) is 11.7. The minimum atomic E-state index is -2.21. The van der Waals surface area contributed by atoms with E-state index in [9.17, 15) is 10.3 Å². The van der Waals surface area contributed by atoms with E-state index < -0.39 is 46.3 Å². The number of alkyl halides is 3. The van der Waals surface area contributed by atoms with Gasteiger partial charge in [0.05, 0.1) is 20.3 Å². The number of methoxy groups -OCH3 is 1. The minimum Gasteiger partial charge on any atom is -0.497 e. The topological polar surface area (TPSA) is 145 Å². The molecule has 0 aliphatic carbocycles. The van der Waals surface area contributed by atoms with Gasteiger partial charge in [-0.3, -0.25) is 10.2 Å². The molecule has 210 valence electrons. The zero-order chi connectivity index (χ0) is 28.4. The van der Waals surface area contributed by atoms with Crippen molar-refractivity contribution >= 4 is 46.7 Å². The van der Waals surface area contributed by atoms with Crippen LogP contribution in [0, 0.1) is 5.41 Å². The molecule has 0 saturated carbocycles. The van der Waals surface area contributed by atoms with Crippen LogP contribution in [0.3, 0.4) is 0 Å². The van der Waals surface area contributed by atoms with Gasteiger partial charge in [0.1, 0.15) is 36.7 Å². The minimum absolute atomic E-state index is 0.109. The number of carbonyl (C=O) groups excluding carboxylic acids is 1. The van der Waals surface area contributed by atoms with E-state index in [1.807, 2.05) is 42.5 Å². The summed E-state index contributed by atoms with van der Waals surface area (Å²) in [4.78, 5) is 14.6. The van der Waals surface area contributed by atoms with Crippen LogP contribution in [-0.2, 0) is 41.7 Å².